The van der Waals surface area contributed by atoms with Gasteiger partial charge in [-0.2, -0.15) is 0 Å². The van der Waals surface area contributed by atoms with Crippen LogP contribution >= 0.6 is 15.9 Å². The van der Waals surface area contributed by atoms with Crippen molar-refractivity contribution >= 4 is 39.3 Å². The van der Waals surface area contributed by atoms with Crippen LogP contribution in [0.5, 0.6) is 0 Å². The normalized spacial score (nSPS) is 13.3. The van der Waals surface area contributed by atoms with Crippen LogP contribution in [0.1, 0.15) is 26.4 Å². The molecule has 2 aromatic heterocycles. The van der Waals surface area contributed by atoms with Crippen molar-refractivity contribution in [1.29, 1.82) is 0 Å². The Morgan fingerprint density at radius 2 is 1.73 bits per heavy atom. The molecule has 3 amide bonds. The highest BCUT2D eigenvalue weighted by Gasteiger charge is 2.36. The molecule has 1 aromatic carbocycles. The van der Waals surface area contributed by atoms with Crippen LogP contribution in [0.3, 0.4) is 0 Å². The number of rotatable bonds is 4. The van der Waals surface area contributed by atoms with E-state index in [1.54, 1.807) is 24.3 Å². The van der Waals surface area contributed by atoms with E-state index in [1.807, 2.05) is 28.9 Å². The average molecular weight is 413 g/mol. The van der Waals surface area contributed by atoms with E-state index < -0.39 is 17.7 Å². The number of hydrogen-bond acceptors (Lipinski definition) is 4. The molecule has 1 aliphatic rings. The lowest BCUT2D eigenvalue weighted by atomic mass is 10.1. The van der Waals surface area contributed by atoms with E-state index in [0.29, 0.717) is 16.8 Å². The summed E-state index contributed by atoms with van der Waals surface area (Å²) in [6, 6.07) is 10.3. The smallest absolute Gasteiger partial charge is 0.262 e. The van der Waals surface area contributed by atoms with Crippen molar-refractivity contribution in [2.24, 2.45) is 0 Å². The Bertz CT molecular complexity index is 1020. The van der Waals surface area contributed by atoms with Gasteiger partial charge in [0.15, 0.2) is 0 Å². The molecule has 0 radical (unpaired) electrons. The number of benzene rings is 1. The topological polar surface area (TPSA) is 83.8 Å². The van der Waals surface area contributed by atoms with E-state index in [9.17, 15) is 14.4 Å². The average Bonchev–Trinajstić information content (AvgIpc) is 3.14. The van der Waals surface area contributed by atoms with Gasteiger partial charge in [0.2, 0.25) is 5.91 Å². The predicted octanol–water partition coefficient (Wildman–Crippen LogP) is 2.01. The van der Waals surface area contributed by atoms with E-state index >= 15 is 0 Å². The molecule has 4 rings (SSSR count). The summed E-state index contributed by atoms with van der Waals surface area (Å²) < 4.78 is 2.76. The second-order valence-corrected chi connectivity index (χ2v) is 6.78. The SMILES string of the molecule is O=C(CN1C(=O)c2ccccc2C1=O)NCc1cn2cc(Br)ccc2n1. The summed E-state index contributed by atoms with van der Waals surface area (Å²) >= 11 is 3.39. The van der Waals surface area contributed by atoms with Gasteiger partial charge < -0.3 is 9.72 Å². The summed E-state index contributed by atoms with van der Waals surface area (Å²) in [6.45, 7) is -0.105. The first-order valence-corrected chi connectivity index (χ1v) is 8.67. The summed E-state index contributed by atoms with van der Waals surface area (Å²) in [5.41, 5.74) is 2.10. The molecule has 3 heterocycles. The third-order valence-corrected chi connectivity index (χ3v) is 4.58. The predicted molar refractivity (Wildman–Crippen MR) is 96.5 cm³/mol. The lowest BCUT2D eigenvalue weighted by Gasteiger charge is -2.13. The molecule has 0 bridgehead atoms. The zero-order chi connectivity index (χ0) is 18.3. The van der Waals surface area contributed by atoms with Gasteiger partial charge in [-0.1, -0.05) is 12.1 Å². The molecule has 0 saturated heterocycles. The number of nitrogens with one attached hydrogen (secondary N) is 1. The quantitative estimate of drug-likeness (QED) is 0.664. The first-order chi connectivity index (χ1) is 12.5. The molecule has 0 atom stereocenters. The van der Waals surface area contributed by atoms with Crippen LogP contribution in [0.15, 0.2) is 53.3 Å². The van der Waals surface area contributed by atoms with Gasteiger partial charge in [0, 0.05) is 16.9 Å². The Hall–Kier alpha value is -3.00. The number of hydrogen-bond donors (Lipinski definition) is 1. The summed E-state index contributed by atoms with van der Waals surface area (Å²) in [5, 5.41) is 2.70. The number of pyridine rings is 1. The van der Waals surface area contributed by atoms with Crippen LogP contribution in [0.25, 0.3) is 5.65 Å². The van der Waals surface area contributed by atoms with Crippen molar-refractivity contribution < 1.29 is 14.4 Å². The number of halogens is 1. The van der Waals surface area contributed by atoms with Gasteiger partial charge in [-0.15, -0.1) is 0 Å². The molecular formula is C18H13BrN4O3. The van der Waals surface area contributed by atoms with Crippen molar-refractivity contribution in [2.45, 2.75) is 6.54 Å². The molecule has 0 spiro atoms. The first-order valence-electron chi connectivity index (χ1n) is 7.88. The van der Waals surface area contributed by atoms with Gasteiger partial charge in [0.1, 0.15) is 12.2 Å². The molecule has 1 aliphatic heterocycles. The van der Waals surface area contributed by atoms with Gasteiger partial charge in [0.25, 0.3) is 11.8 Å². The maximum absolute atomic E-state index is 12.3. The Morgan fingerprint density at radius 1 is 1.04 bits per heavy atom. The van der Waals surface area contributed by atoms with Crippen LogP contribution in [0.2, 0.25) is 0 Å². The van der Waals surface area contributed by atoms with Crippen LogP contribution in [-0.2, 0) is 11.3 Å². The molecule has 130 valence electrons. The Labute approximate surface area is 156 Å². The lowest BCUT2D eigenvalue weighted by Crippen LogP contribution is -2.40. The highest BCUT2D eigenvalue weighted by Crippen LogP contribution is 2.21. The third kappa shape index (κ3) is 2.88. The fourth-order valence-electron chi connectivity index (χ4n) is 2.87. The van der Waals surface area contributed by atoms with Crippen molar-refractivity contribution in [1.82, 2.24) is 19.6 Å². The fraction of sp³-hybridized carbons (Fsp3) is 0.111. The number of imidazole rings is 1. The largest absolute Gasteiger partial charge is 0.349 e. The van der Waals surface area contributed by atoms with Crippen molar-refractivity contribution in [3.05, 3.63) is 70.1 Å². The van der Waals surface area contributed by atoms with Crippen LogP contribution in [0, 0.1) is 0 Å². The Kier molecular flexibility index (Phi) is 4.04. The number of nitrogens with zero attached hydrogens (tertiary/aromatic N) is 3. The van der Waals surface area contributed by atoms with Crippen LogP contribution in [0.4, 0.5) is 0 Å². The number of aromatic nitrogens is 2. The summed E-state index contributed by atoms with van der Waals surface area (Å²) in [7, 11) is 0. The third-order valence-electron chi connectivity index (χ3n) is 4.11. The number of carbonyl (C=O) groups excluding carboxylic acids is 3. The number of imide groups is 1. The lowest BCUT2D eigenvalue weighted by molar-refractivity contribution is -0.121. The minimum absolute atomic E-state index is 0.210. The standard InChI is InChI=1S/C18H13BrN4O3/c19-11-5-6-15-21-12(9-22(15)8-11)7-20-16(24)10-23-17(25)13-3-1-2-4-14(13)18(23)26/h1-6,8-9H,7,10H2,(H,20,24). The van der Waals surface area contributed by atoms with Gasteiger partial charge in [-0.25, -0.2) is 4.98 Å². The summed E-state index contributed by atoms with van der Waals surface area (Å²) in [4.78, 5) is 42.1. The van der Waals surface area contributed by atoms with Gasteiger partial charge in [0.05, 0.1) is 23.4 Å². The molecule has 8 heteroatoms. The van der Waals surface area contributed by atoms with Crippen LogP contribution < -0.4 is 5.32 Å². The highest BCUT2D eigenvalue weighted by molar-refractivity contribution is 9.10. The zero-order valence-corrected chi connectivity index (χ0v) is 15.1. The van der Waals surface area contributed by atoms with E-state index in [1.165, 1.54) is 0 Å². The second-order valence-electron chi connectivity index (χ2n) is 5.86. The molecule has 0 saturated carbocycles. The van der Waals surface area contributed by atoms with E-state index in [4.69, 9.17) is 0 Å². The first kappa shape index (κ1) is 16.5. The van der Waals surface area contributed by atoms with Gasteiger partial charge in [-0.3, -0.25) is 19.3 Å². The summed E-state index contributed by atoms with van der Waals surface area (Å²) in [5.74, 6) is -1.31. The molecule has 0 aliphatic carbocycles. The van der Waals surface area contributed by atoms with Crippen molar-refractivity contribution in [2.75, 3.05) is 6.54 Å². The Balaban J connectivity index is 1.41. The second kappa shape index (κ2) is 6.38. The highest BCUT2D eigenvalue weighted by atomic mass is 79.9. The molecule has 0 fully saturated rings. The maximum Gasteiger partial charge on any atom is 0.262 e. The van der Waals surface area contributed by atoms with Gasteiger partial charge >= 0.3 is 0 Å². The maximum atomic E-state index is 12.3. The molecule has 1 N–H and O–H groups in total. The zero-order valence-electron chi connectivity index (χ0n) is 13.5. The molecule has 7 nitrogen and oxygen atoms in total. The number of fused-ring (bicyclic) bond motifs is 2. The molecule has 0 unspecified atom stereocenters. The minimum Gasteiger partial charge on any atom is -0.349 e. The monoisotopic (exact) mass is 412 g/mol. The van der Waals surface area contributed by atoms with Crippen molar-refractivity contribution in [3.63, 3.8) is 0 Å². The minimum atomic E-state index is -0.446. The summed E-state index contributed by atoms with van der Waals surface area (Å²) in [6.07, 6.45) is 3.68. The van der Waals surface area contributed by atoms with E-state index in [-0.39, 0.29) is 13.1 Å². The van der Waals surface area contributed by atoms with Crippen LogP contribution in [-0.4, -0.2) is 38.6 Å². The Morgan fingerprint density at radius 3 is 2.42 bits per heavy atom. The number of amides is 3. The molecule has 26 heavy (non-hydrogen) atoms. The van der Waals surface area contributed by atoms with E-state index in [0.717, 1.165) is 15.0 Å². The molecule has 3 aromatic rings. The fourth-order valence-corrected chi connectivity index (χ4v) is 3.23. The molecular weight excluding hydrogens is 400 g/mol. The number of carbonyl (C=O) groups is 3. The van der Waals surface area contributed by atoms with E-state index in [2.05, 4.69) is 26.2 Å². The van der Waals surface area contributed by atoms with Gasteiger partial charge in [-0.05, 0) is 40.2 Å². The van der Waals surface area contributed by atoms with Crippen molar-refractivity contribution in [3.8, 4) is 0 Å².